The molecule has 1 nitrogen and oxygen atoms in total. The first-order valence-corrected chi connectivity index (χ1v) is 4.84. The average molecular weight is 230 g/mol. The molecule has 2 atom stereocenters. The summed E-state index contributed by atoms with van der Waals surface area (Å²) >= 11 is 0. The molecule has 0 heterocycles. The first-order chi connectivity index (χ1) is 7.36. The molecule has 0 radical (unpaired) electrons. The number of aliphatic hydroxyl groups is 1. The SMILES string of the molecule is C=C[C@@H](C)[C@@H](O)c1ccc(C(F)(F)F)cc1. The van der Waals surface area contributed by atoms with Gasteiger partial charge in [0, 0.05) is 5.92 Å². The monoisotopic (exact) mass is 230 g/mol. The van der Waals surface area contributed by atoms with Crippen LogP contribution in [0, 0.1) is 5.92 Å². The van der Waals surface area contributed by atoms with Crippen LogP contribution in [0.5, 0.6) is 0 Å². The maximum atomic E-state index is 12.3. The topological polar surface area (TPSA) is 20.2 Å². The van der Waals surface area contributed by atoms with E-state index in [1.54, 1.807) is 13.0 Å². The predicted octanol–water partition coefficient (Wildman–Crippen LogP) is 3.56. The molecule has 0 aliphatic heterocycles. The molecular formula is C12H13F3O. The highest BCUT2D eigenvalue weighted by atomic mass is 19.4. The van der Waals surface area contributed by atoms with E-state index in [0.717, 1.165) is 12.1 Å². The minimum atomic E-state index is -4.34. The third-order valence-corrected chi connectivity index (χ3v) is 2.45. The van der Waals surface area contributed by atoms with Gasteiger partial charge in [0.25, 0.3) is 0 Å². The first kappa shape index (κ1) is 12.8. The van der Waals surface area contributed by atoms with Gasteiger partial charge in [-0.1, -0.05) is 25.1 Å². The molecule has 1 aromatic carbocycles. The Balaban J connectivity index is 2.91. The largest absolute Gasteiger partial charge is 0.416 e. The predicted molar refractivity (Wildman–Crippen MR) is 55.8 cm³/mol. The second-order valence-electron chi connectivity index (χ2n) is 3.66. The number of hydrogen-bond acceptors (Lipinski definition) is 1. The molecule has 88 valence electrons. The second-order valence-corrected chi connectivity index (χ2v) is 3.66. The summed E-state index contributed by atoms with van der Waals surface area (Å²) in [6.07, 6.45) is -3.60. The van der Waals surface area contributed by atoms with Crippen LogP contribution in [0.3, 0.4) is 0 Å². The molecule has 0 spiro atoms. The summed E-state index contributed by atoms with van der Waals surface area (Å²) in [5.74, 6) is -0.197. The first-order valence-electron chi connectivity index (χ1n) is 4.84. The van der Waals surface area contributed by atoms with Crippen LogP contribution in [-0.4, -0.2) is 5.11 Å². The van der Waals surface area contributed by atoms with Gasteiger partial charge in [0.1, 0.15) is 0 Å². The minimum absolute atomic E-state index is 0.197. The van der Waals surface area contributed by atoms with Gasteiger partial charge >= 0.3 is 6.18 Å². The van der Waals surface area contributed by atoms with E-state index in [2.05, 4.69) is 6.58 Å². The normalized spacial score (nSPS) is 15.6. The van der Waals surface area contributed by atoms with Crippen LogP contribution in [0.25, 0.3) is 0 Å². The van der Waals surface area contributed by atoms with Crippen molar-refractivity contribution < 1.29 is 18.3 Å². The van der Waals surface area contributed by atoms with Crippen molar-refractivity contribution >= 4 is 0 Å². The van der Waals surface area contributed by atoms with Gasteiger partial charge in [0.15, 0.2) is 0 Å². The molecule has 0 saturated carbocycles. The van der Waals surface area contributed by atoms with E-state index in [1.165, 1.54) is 12.1 Å². The zero-order valence-electron chi connectivity index (χ0n) is 8.83. The minimum Gasteiger partial charge on any atom is -0.388 e. The van der Waals surface area contributed by atoms with Gasteiger partial charge in [-0.2, -0.15) is 13.2 Å². The Kier molecular flexibility index (Phi) is 3.75. The van der Waals surface area contributed by atoms with Crippen molar-refractivity contribution in [3.63, 3.8) is 0 Å². The molecule has 0 aliphatic carbocycles. The zero-order chi connectivity index (χ0) is 12.3. The molecular weight excluding hydrogens is 217 g/mol. The highest BCUT2D eigenvalue weighted by molar-refractivity contribution is 5.26. The van der Waals surface area contributed by atoms with Gasteiger partial charge in [-0.05, 0) is 17.7 Å². The lowest BCUT2D eigenvalue weighted by Crippen LogP contribution is -2.08. The lowest BCUT2D eigenvalue weighted by atomic mass is 9.97. The van der Waals surface area contributed by atoms with Gasteiger partial charge in [0.05, 0.1) is 11.7 Å². The van der Waals surface area contributed by atoms with Gasteiger partial charge < -0.3 is 5.11 Å². The highest BCUT2D eigenvalue weighted by Gasteiger charge is 2.30. The van der Waals surface area contributed by atoms with E-state index >= 15 is 0 Å². The molecule has 0 unspecified atom stereocenters. The van der Waals surface area contributed by atoms with E-state index < -0.39 is 17.8 Å². The fourth-order valence-corrected chi connectivity index (χ4v) is 1.30. The molecule has 4 heteroatoms. The van der Waals surface area contributed by atoms with Gasteiger partial charge in [-0.25, -0.2) is 0 Å². The molecule has 0 amide bonds. The van der Waals surface area contributed by atoms with Crippen molar-refractivity contribution in [2.45, 2.75) is 19.2 Å². The van der Waals surface area contributed by atoms with E-state index in [4.69, 9.17) is 0 Å². The quantitative estimate of drug-likeness (QED) is 0.787. The van der Waals surface area contributed by atoms with E-state index in [0.29, 0.717) is 5.56 Å². The Morgan fingerprint density at radius 3 is 2.12 bits per heavy atom. The van der Waals surface area contributed by atoms with E-state index in [9.17, 15) is 18.3 Å². The van der Waals surface area contributed by atoms with Crippen molar-refractivity contribution in [3.8, 4) is 0 Å². The van der Waals surface area contributed by atoms with Crippen molar-refractivity contribution in [2.75, 3.05) is 0 Å². The third-order valence-electron chi connectivity index (χ3n) is 2.45. The maximum absolute atomic E-state index is 12.3. The van der Waals surface area contributed by atoms with Crippen LogP contribution in [-0.2, 0) is 6.18 Å². The third kappa shape index (κ3) is 2.85. The smallest absolute Gasteiger partial charge is 0.388 e. The number of alkyl halides is 3. The standard InChI is InChI=1S/C12H13F3O/c1-3-8(2)11(16)9-4-6-10(7-5-9)12(13,14)15/h3-8,11,16H,1H2,2H3/t8-,11-/m1/s1. The molecule has 0 saturated heterocycles. The molecule has 1 aromatic rings. The summed E-state index contributed by atoms with van der Waals surface area (Å²) in [6, 6.07) is 4.50. The van der Waals surface area contributed by atoms with Crippen LogP contribution in [0.15, 0.2) is 36.9 Å². The number of hydrogen-bond donors (Lipinski definition) is 1. The Morgan fingerprint density at radius 2 is 1.75 bits per heavy atom. The fraction of sp³-hybridized carbons (Fsp3) is 0.333. The number of rotatable bonds is 3. The maximum Gasteiger partial charge on any atom is 0.416 e. The molecule has 1 rings (SSSR count). The van der Waals surface area contributed by atoms with Gasteiger partial charge in [-0.3, -0.25) is 0 Å². The Hall–Kier alpha value is -1.29. The second kappa shape index (κ2) is 4.70. The Morgan fingerprint density at radius 1 is 1.25 bits per heavy atom. The number of halogens is 3. The van der Waals surface area contributed by atoms with Crippen LogP contribution < -0.4 is 0 Å². The molecule has 1 N–H and O–H groups in total. The fourth-order valence-electron chi connectivity index (χ4n) is 1.30. The Labute approximate surface area is 92.2 Å². The van der Waals surface area contributed by atoms with Crippen molar-refractivity contribution in [2.24, 2.45) is 5.92 Å². The van der Waals surface area contributed by atoms with Crippen molar-refractivity contribution in [1.29, 1.82) is 0 Å². The highest BCUT2D eigenvalue weighted by Crippen LogP contribution is 2.31. The van der Waals surface area contributed by atoms with Crippen LogP contribution in [0.1, 0.15) is 24.2 Å². The summed E-state index contributed by atoms with van der Waals surface area (Å²) in [6.45, 7) is 5.27. The molecule has 0 bridgehead atoms. The molecule has 0 aliphatic rings. The van der Waals surface area contributed by atoms with E-state index in [-0.39, 0.29) is 5.92 Å². The average Bonchev–Trinajstić information content (AvgIpc) is 2.26. The summed E-state index contributed by atoms with van der Waals surface area (Å²) in [7, 11) is 0. The number of aliphatic hydroxyl groups excluding tert-OH is 1. The molecule has 16 heavy (non-hydrogen) atoms. The lowest BCUT2D eigenvalue weighted by molar-refractivity contribution is -0.137. The summed E-state index contributed by atoms with van der Waals surface area (Å²) in [4.78, 5) is 0. The molecule has 0 fully saturated rings. The lowest BCUT2D eigenvalue weighted by Gasteiger charge is -2.16. The van der Waals surface area contributed by atoms with Crippen LogP contribution >= 0.6 is 0 Å². The summed E-state index contributed by atoms with van der Waals surface area (Å²) < 4.78 is 36.8. The van der Waals surface area contributed by atoms with Crippen molar-refractivity contribution in [3.05, 3.63) is 48.0 Å². The summed E-state index contributed by atoms with van der Waals surface area (Å²) in [5, 5.41) is 9.73. The van der Waals surface area contributed by atoms with Crippen LogP contribution in [0.2, 0.25) is 0 Å². The van der Waals surface area contributed by atoms with Crippen LogP contribution in [0.4, 0.5) is 13.2 Å². The molecule has 0 aromatic heterocycles. The summed E-state index contributed by atoms with van der Waals surface area (Å²) in [5.41, 5.74) is -0.255. The van der Waals surface area contributed by atoms with E-state index in [1.807, 2.05) is 0 Å². The van der Waals surface area contributed by atoms with Gasteiger partial charge in [-0.15, -0.1) is 6.58 Å². The number of benzene rings is 1. The van der Waals surface area contributed by atoms with Crippen molar-refractivity contribution in [1.82, 2.24) is 0 Å². The Bertz CT molecular complexity index is 354. The zero-order valence-corrected chi connectivity index (χ0v) is 8.83. The van der Waals surface area contributed by atoms with Gasteiger partial charge in [0.2, 0.25) is 0 Å².